The second kappa shape index (κ2) is 4.03. The van der Waals surface area contributed by atoms with E-state index in [2.05, 4.69) is 44.7 Å². The van der Waals surface area contributed by atoms with Crippen molar-refractivity contribution in [1.82, 2.24) is 9.97 Å². The summed E-state index contributed by atoms with van der Waals surface area (Å²) in [7, 11) is 0. The first-order valence-electron chi connectivity index (χ1n) is 5.24. The molecule has 1 heterocycles. The number of nitrogens with one attached hydrogen (secondary N) is 1. The van der Waals surface area contributed by atoms with Crippen molar-refractivity contribution in [2.24, 2.45) is 0 Å². The summed E-state index contributed by atoms with van der Waals surface area (Å²) in [5, 5.41) is 0. The average Bonchev–Trinajstić information content (AvgIpc) is 2.72. The van der Waals surface area contributed by atoms with Crippen LogP contribution in [0, 0.1) is 3.57 Å². The number of anilines is 1. The minimum Gasteiger partial charge on any atom is -0.399 e. The lowest BCUT2D eigenvalue weighted by Crippen LogP contribution is -1.83. The largest absolute Gasteiger partial charge is 0.399 e. The van der Waals surface area contributed by atoms with Gasteiger partial charge in [0.2, 0.25) is 0 Å². The van der Waals surface area contributed by atoms with Crippen LogP contribution in [0.4, 0.5) is 5.69 Å². The summed E-state index contributed by atoms with van der Waals surface area (Å²) >= 11 is 2.31. The third-order valence-electron chi connectivity index (χ3n) is 2.63. The van der Waals surface area contributed by atoms with E-state index >= 15 is 0 Å². The van der Waals surface area contributed by atoms with Crippen LogP contribution in [0.25, 0.3) is 22.4 Å². The Morgan fingerprint density at radius 1 is 1.12 bits per heavy atom. The Bertz CT molecular complexity index is 688. The van der Waals surface area contributed by atoms with Gasteiger partial charge >= 0.3 is 0 Å². The maximum atomic E-state index is 5.75. The predicted molar refractivity (Wildman–Crippen MR) is 78.7 cm³/mol. The van der Waals surface area contributed by atoms with Crippen LogP contribution < -0.4 is 5.73 Å². The van der Waals surface area contributed by atoms with Crippen LogP contribution in [0.15, 0.2) is 42.5 Å². The van der Waals surface area contributed by atoms with Gasteiger partial charge in [0.15, 0.2) is 0 Å². The van der Waals surface area contributed by atoms with Gasteiger partial charge in [-0.3, -0.25) is 0 Å². The van der Waals surface area contributed by atoms with Crippen molar-refractivity contribution < 1.29 is 0 Å². The molecule has 3 nitrogen and oxygen atoms in total. The van der Waals surface area contributed by atoms with Crippen LogP contribution in [0.1, 0.15) is 0 Å². The number of aromatic amines is 1. The van der Waals surface area contributed by atoms with Gasteiger partial charge in [-0.15, -0.1) is 0 Å². The van der Waals surface area contributed by atoms with Gasteiger partial charge in [-0.25, -0.2) is 4.98 Å². The standard InChI is InChI=1S/C13H10IN3/c14-10-4-2-1-3-9(10)13-16-11-6-5-8(15)7-12(11)17-13/h1-7H,15H2,(H,16,17). The van der Waals surface area contributed by atoms with Crippen LogP contribution in [0.5, 0.6) is 0 Å². The number of H-pyrrole nitrogens is 1. The predicted octanol–water partition coefficient (Wildman–Crippen LogP) is 3.42. The highest BCUT2D eigenvalue weighted by molar-refractivity contribution is 14.1. The summed E-state index contributed by atoms with van der Waals surface area (Å²) in [5.74, 6) is 0.885. The number of nitrogen functional groups attached to an aromatic ring is 1. The van der Waals surface area contributed by atoms with E-state index in [1.165, 1.54) is 3.57 Å². The maximum absolute atomic E-state index is 5.75. The van der Waals surface area contributed by atoms with Gasteiger partial charge in [0.1, 0.15) is 5.82 Å². The number of fused-ring (bicyclic) bond motifs is 1. The summed E-state index contributed by atoms with van der Waals surface area (Å²) < 4.78 is 1.18. The zero-order valence-electron chi connectivity index (χ0n) is 8.94. The Kier molecular flexibility index (Phi) is 2.51. The van der Waals surface area contributed by atoms with Crippen molar-refractivity contribution in [3.05, 3.63) is 46.0 Å². The third kappa shape index (κ3) is 1.88. The SMILES string of the molecule is Nc1ccc2nc(-c3ccccc3I)[nH]c2c1. The quantitative estimate of drug-likeness (QED) is 0.529. The first-order chi connectivity index (χ1) is 8.24. The van der Waals surface area contributed by atoms with E-state index in [4.69, 9.17) is 5.73 Å². The molecule has 0 bridgehead atoms. The molecule has 17 heavy (non-hydrogen) atoms. The van der Waals surface area contributed by atoms with Crippen LogP contribution in [0.3, 0.4) is 0 Å². The second-order valence-electron chi connectivity index (χ2n) is 3.84. The van der Waals surface area contributed by atoms with E-state index in [0.717, 1.165) is 28.1 Å². The molecule has 0 aliphatic rings. The van der Waals surface area contributed by atoms with Gasteiger partial charge < -0.3 is 10.7 Å². The van der Waals surface area contributed by atoms with Crippen molar-refractivity contribution >= 4 is 39.3 Å². The lowest BCUT2D eigenvalue weighted by molar-refractivity contribution is 1.33. The zero-order chi connectivity index (χ0) is 11.8. The number of imidazole rings is 1. The highest BCUT2D eigenvalue weighted by atomic mass is 127. The Hall–Kier alpha value is -1.56. The number of nitrogens with zero attached hydrogens (tertiary/aromatic N) is 1. The second-order valence-corrected chi connectivity index (χ2v) is 5.00. The van der Waals surface area contributed by atoms with E-state index in [0.29, 0.717) is 0 Å². The van der Waals surface area contributed by atoms with Crippen LogP contribution in [0.2, 0.25) is 0 Å². The molecule has 0 radical (unpaired) electrons. The Morgan fingerprint density at radius 2 is 1.94 bits per heavy atom. The molecule has 0 aliphatic carbocycles. The molecule has 0 aliphatic heterocycles. The summed E-state index contributed by atoms with van der Waals surface area (Å²) in [6.45, 7) is 0. The van der Waals surface area contributed by atoms with E-state index < -0.39 is 0 Å². The number of hydrogen-bond acceptors (Lipinski definition) is 2. The minimum atomic E-state index is 0.746. The topological polar surface area (TPSA) is 54.7 Å². The van der Waals surface area contributed by atoms with Gasteiger partial charge in [-0.2, -0.15) is 0 Å². The lowest BCUT2D eigenvalue weighted by Gasteiger charge is -1.98. The molecule has 3 aromatic rings. The van der Waals surface area contributed by atoms with Crippen molar-refractivity contribution in [3.63, 3.8) is 0 Å². The van der Waals surface area contributed by atoms with Crippen molar-refractivity contribution in [2.75, 3.05) is 5.73 Å². The van der Waals surface area contributed by atoms with Crippen LogP contribution in [-0.4, -0.2) is 9.97 Å². The van der Waals surface area contributed by atoms with E-state index in [9.17, 15) is 0 Å². The molecule has 0 saturated heterocycles. The molecule has 0 unspecified atom stereocenters. The molecule has 0 spiro atoms. The number of benzene rings is 2. The van der Waals surface area contributed by atoms with E-state index in [1.807, 2.05) is 30.3 Å². The van der Waals surface area contributed by atoms with Gasteiger partial charge in [0, 0.05) is 14.8 Å². The van der Waals surface area contributed by atoms with Gasteiger partial charge in [-0.05, 0) is 46.9 Å². The van der Waals surface area contributed by atoms with E-state index in [1.54, 1.807) is 0 Å². The van der Waals surface area contributed by atoms with Crippen molar-refractivity contribution in [1.29, 1.82) is 0 Å². The fourth-order valence-electron chi connectivity index (χ4n) is 1.81. The van der Waals surface area contributed by atoms with Gasteiger partial charge in [-0.1, -0.05) is 18.2 Å². The maximum Gasteiger partial charge on any atom is 0.139 e. The van der Waals surface area contributed by atoms with Crippen molar-refractivity contribution in [3.8, 4) is 11.4 Å². The molecule has 0 saturated carbocycles. The highest BCUT2D eigenvalue weighted by Gasteiger charge is 2.07. The molecule has 0 fully saturated rings. The molecular weight excluding hydrogens is 325 g/mol. The lowest BCUT2D eigenvalue weighted by atomic mass is 10.2. The fraction of sp³-hybridized carbons (Fsp3) is 0. The smallest absolute Gasteiger partial charge is 0.139 e. The molecule has 4 heteroatoms. The average molecular weight is 335 g/mol. The normalized spacial score (nSPS) is 10.9. The molecule has 2 aromatic carbocycles. The third-order valence-corrected chi connectivity index (χ3v) is 3.58. The number of nitrogens with two attached hydrogens (primary N) is 1. The summed E-state index contributed by atoms with van der Waals surface area (Å²) in [6, 6.07) is 13.9. The molecule has 1 aromatic heterocycles. The number of rotatable bonds is 1. The molecule has 0 amide bonds. The molecular formula is C13H10IN3. The molecule has 3 N–H and O–H groups in total. The molecule has 0 atom stereocenters. The Morgan fingerprint density at radius 3 is 2.76 bits per heavy atom. The van der Waals surface area contributed by atoms with Gasteiger partial charge in [0.25, 0.3) is 0 Å². The van der Waals surface area contributed by atoms with Crippen LogP contribution >= 0.6 is 22.6 Å². The Labute approximate surface area is 112 Å². The van der Waals surface area contributed by atoms with E-state index in [-0.39, 0.29) is 0 Å². The first kappa shape index (κ1) is 10.6. The van der Waals surface area contributed by atoms with Crippen molar-refractivity contribution in [2.45, 2.75) is 0 Å². The molecule has 84 valence electrons. The number of aromatic nitrogens is 2. The number of hydrogen-bond donors (Lipinski definition) is 2. The minimum absolute atomic E-state index is 0.746. The summed E-state index contributed by atoms with van der Waals surface area (Å²) in [6.07, 6.45) is 0. The monoisotopic (exact) mass is 335 g/mol. The summed E-state index contributed by atoms with van der Waals surface area (Å²) in [5.41, 5.74) is 9.52. The summed E-state index contributed by atoms with van der Waals surface area (Å²) in [4.78, 5) is 7.87. The zero-order valence-corrected chi connectivity index (χ0v) is 11.1. The van der Waals surface area contributed by atoms with Crippen LogP contribution in [-0.2, 0) is 0 Å². The number of halogens is 1. The first-order valence-corrected chi connectivity index (χ1v) is 6.32. The Balaban J connectivity index is 2.22. The fourth-order valence-corrected chi connectivity index (χ4v) is 2.45. The highest BCUT2D eigenvalue weighted by Crippen LogP contribution is 2.25. The molecule has 3 rings (SSSR count). The van der Waals surface area contributed by atoms with Gasteiger partial charge in [0.05, 0.1) is 11.0 Å².